The molecule has 0 aliphatic carbocycles. The molecule has 2 aromatic carbocycles. The van der Waals surface area contributed by atoms with E-state index in [9.17, 15) is 5.26 Å². The molecule has 4 heteroatoms. The molecular weight excluding hydrogens is 361 g/mol. The lowest BCUT2D eigenvalue weighted by molar-refractivity contribution is 1.27. The number of imidazole rings is 1. The van der Waals surface area contributed by atoms with Gasteiger partial charge in [0, 0.05) is 3.57 Å². The number of rotatable bonds is 2. The van der Waals surface area contributed by atoms with Crippen LogP contribution in [0.4, 0.5) is 0 Å². The van der Waals surface area contributed by atoms with Crippen molar-refractivity contribution in [2.24, 2.45) is 0 Å². The number of aromatic nitrogens is 2. The topological polar surface area (TPSA) is 52.5 Å². The third kappa shape index (κ3) is 2.58. The van der Waals surface area contributed by atoms with Crippen LogP contribution in [0.5, 0.6) is 0 Å². The van der Waals surface area contributed by atoms with Crippen molar-refractivity contribution in [1.82, 2.24) is 9.97 Å². The van der Waals surface area contributed by atoms with Crippen LogP contribution in [0, 0.1) is 14.9 Å². The van der Waals surface area contributed by atoms with E-state index in [1.54, 1.807) is 0 Å². The van der Waals surface area contributed by atoms with Gasteiger partial charge in [-0.1, -0.05) is 24.3 Å². The molecule has 0 saturated heterocycles. The summed E-state index contributed by atoms with van der Waals surface area (Å²) >= 11 is 2.26. The Bertz CT molecular complexity index is 790. The molecule has 0 radical (unpaired) electrons. The van der Waals surface area contributed by atoms with Gasteiger partial charge in [0.25, 0.3) is 0 Å². The van der Waals surface area contributed by atoms with E-state index in [2.05, 4.69) is 38.6 Å². The zero-order chi connectivity index (χ0) is 13.9. The maximum absolute atomic E-state index is 9.34. The highest BCUT2D eigenvalue weighted by Gasteiger charge is 2.07. The van der Waals surface area contributed by atoms with Gasteiger partial charge < -0.3 is 4.98 Å². The summed E-state index contributed by atoms with van der Waals surface area (Å²) < 4.78 is 1.17. The minimum Gasteiger partial charge on any atom is -0.337 e. The van der Waals surface area contributed by atoms with Crippen molar-refractivity contribution in [2.75, 3.05) is 0 Å². The highest BCUT2D eigenvalue weighted by atomic mass is 127. The van der Waals surface area contributed by atoms with Crippen LogP contribution in [-0.4, -0.2) is 9.97 Å². The Morgan fingerprint density at radius 2 is 1.90 bits per heavy atom. The molecule has 3 rings (SSSR count). The summed E-state index contributed by atoms with van der Waals surface area (Å²) in [5, 5.41) is 9.34. The number of nitrogens with one attached hydrogen (secondary N) is 1. The van der Waals surface area contributed by atoms with Crippen molar-refractivity contribution in [3.63, 3.8) is 0 Å². The molecule has 3 nitrogen and oxygen atoms in total. The minimum atomic E-state index is 0.530. The van der Waals surface area contributed by atoms with Gasteiger partial charge in [0.2, 0.25) is 0 Å². The SMILES string of the molecule is N#C/C(=C\c1ccc(I)cc1)c1nc2ccccc2[nH]1. The molecule has 0 amide bonds. The predicted octanol–water partition coefficient (Wildman–Crippen LogP) is 4.23. The number of benzene rings is 2. The second kappa shape index (κ2) is 5.47. The van der Waals surface area contributed by atoms with E-state index >= 15 is 0 Å². The number of nitrogens with zero attached hydrogens (tertiary/aromatic N) is 2. The summed E-state index contributed by atoms with van der Waals surface area (Å²) in [7, 11) is 0. The first kappa shape index (κ1) is 12.9. The fourth-order valence-corrected chi connectivity index (χ4v) is 2.32. The van der Waals surface area contributed by atoms with Gasteiger partial charge in [-0.3, -0.25) is 0 Å². The number of hydrogen-bond donors (Lipinski definition) is 1. The van der Waals surface area contributed by atoms with E-state index < -0.39 is 0 Å². The lowest BCUT2D eigenvalue weighted by Gasteiger charge is -1.96. The average Bonchev–Trinajstić information content (AvgIpc) is 2.90. The zero-order valence-corrected chi connectivity index (χ0v) is 12.6. The quantitative estimate of drug-likeness (QED) is 0.542. The van der Waals surface area contributed by atoms with E-state index in [-0.39, 0.29) is 0 Å². The number of hydrogen-bond acceptors (Lipinski definition) is 2. The van der Waals surface area contributed by atoms with Crippen molar-refractivity contribution >= 4 is 45.3 Å². The molecule has 1 heterocycles. The molecule has 96 valence electrons. The van der Waals surface area contributed by atoms with Gasteiger partial charge in [0.05, 0.1) is 16.6 Å². The summed E-state index contributed by atoms with van der Waals surface area (Å²) in [4.78, 5) is 7.62. The van der Waals surface area contributed by atoms with Gasteiger partial charge in [-0.15, -0.1) is 0 Å². The molecule has 1 aromatic heterocycles. The van der Waals surface area contributed by atoms with Gasteiger partial charge in [-0.05, 0) is 58.5 Å². The second-order valence-electron chi connectivity index (χ2n) is 4.32. The average molecular weight is 371 g/mol. The largest absolute Gasteiger partial charge is 0.337 e. The molecule has 0 atom stereocenters. The zero-order valence-electron chi connectivity index (χ0n) is 10.5. The van der Waals surface area contributed by atoms with Crippen LogP contribution in [0.1, 0.15) is 11.4 Å². The number of H-pyrrole nitrogens is 1. The molecule has 0 fully saturated rings. The van der Waals surface area contributed by atoms with Crippen molar-refractivity contribution < 1.29 is 0 Å². The standard InChI is InChI=1S/C16H10IN3/c17-13-7-5-11(6-8-13)9-12(10-18)16-19-14-3-1-2-4-15(14)20-16/h1-9H,(H,19,20)/b12-9+. The van der Waals surface area contributed by atoms with Crippen molar-refractivity contribution in [1.29, 1.82) is 5.26 Å². The molecular formula is C16H10IN3. The molecule has 0 bridgehead atoms. The molecule has 0 aliphatic heterocycles. The third-order valence-corrected chi connectivity index (χ3v) is 3.67. The van der Waals surface area contributed by atoms with Crippen LogP contribution in [0.2, 0.25) is 0 Å². The van der Waals surface area contributed by atoms with Crippen molar-refractivity contribution in [3.05, 3.63) is 63.5 Å². The van der Waals surface area contributed by atoms with Gasteiger partial charge >= 0.3 is 0 Å². The van der Waals surface area contributed by atoms with Gasteiger partial charge in [0.1, 0.15) is 11.9 Å². The summed E-state index contributed by atoms with van der Waals surface area (Å²) in [5.41, 5.74) is 3.32. The minimum absolute atomic E-state index is 0.530. The van der Waals surface area contributed by atoms with Crippen LogP contribution >= 0.6 is 22.6 Å². The van der Waals surface area contributed by atoms with Crippen LogP contribution in [0.15, 0.2) is 48.5 Å². The Morgan fingerprint density at radius 1 is 1.15 bits per heavy atom. The summed E-state index contributed by atoms with van der Waals surface area (Å²) in [5.74, 6) is 0.604. The van der Waals surface area contributed by atoms with Crippen molar-refractivity contribution in [3.8, 4) is 6.07 Å². The Morgan fingerprint density at radius 3 is 2.60 bits per heavy atom. The van der Waals surface area contributed by atoms with Crippen LogP contribution in [-0.2, 0) is 0 Å². The molecule has 0 unspecified atom stereocenters. The molecule has 20 heavy (non-hydrogen) atoms. The Labute approximate surface area is 130 Å². The van der Waals surface area contributed by atoms with Crippen LogP contribution < -0.4 is 0 Å². The predicted molar refractivity (Wildman–Crippen MR) is 88.7 cm³/mol. The summed E-state index contributed by atoms with van der Waals surface area (Å²) in [6.45, 7) is 0. The lowest BCUT2D eigenvalue weighted by atomic mass is 10.1. The number of aromatic amines is 1. The number of allylic oxidation sites excluding steroid dienone is 1. The lowest BCUT2D eigenvalue weighted by Crippen LogP contribution is -1.85. The Hall–Kier alpha value is -2.13. The smallest absolute Gasteiger partial charge is 0.149 e. The first-order chi connectivity index (χ1) is 9.76. The fraction of sp³-hybridized carbons (Fsp3) is 0. The molecule has 0 aliphatic rings. The maximum Gasteiger partial charge on any atom is 0.149 e. The van der Waals surface area contributed by atoms with Gasteiger partial charge in [-0.25, -0.2) is 4.98 Å². The highest BCUT2D eigenvalue weighted by molar-refractivity contribution is 14.1. The maximum atomic E-state index is 9.34. The summed E-state index contributed by atoms with van der Waals surface area (Å²) in [6.07, 6.45) is 1.84. The second-order valence-corrected chi connectivity index (χ2v) is 5.57. The van der Waals surface area contributed by atoms with Gasteiger partial charge in [-0.2, -0.15) is 5.26 Å². The normalized spacial score (nSPS) is 11.5. The summed E-state index contributed by atoms with van der Waals surface area (Å²) in [6, 6.07) is 18.0. The number of nitriles is 1. The third-order valence-electron chi connectivity index (χ3n) is 2.95. The van der Waals surface area contributed by atoms with E-state index in [0.717, 1.165) is 16.6 Å². The highest BCUT2D eigenvalue weighted by Crippen LogP contribution is 2.19. The number of para-hydroxylation sites is 2. The van der Waals surface area contributed by atoms with Crippen LogP contribution in [0.3, 0.4) is 0 Å². The fourth-order valence-electron chi connectivity index (χ4n) is 1.96. The number of halogens is 1. The van der Waals surface area contributed by atoms with E-state index in [4.69, 9.17) is 0 Å². The molecule has 1 N–H and O–H groups in total. The van der Waals surface area contributed by atoms with E-state index in [0.29, 0.717) is 11.4 Å². The van der Waals surface area contributed by atoms with E-state index in [1.807, 2.05) is 54.6 Å². The first-order valence-corrected chi connectivity index (χ1v) is 7.16. The Balaban J connectivity index is 2.05. The van der Waals surface area contributed by atoms with E-state index in [1.165, 1.54) is 3.57 Å². The first-order valence-electron chi connectivity index (χ1n) is 6.09. The van der Waals surface area contributed by atoms with Crippen LogP contribution in [0.25, 0.3) is 22.7 Å². The molecule has 0 saturated carbocycles. The van der Waals surface area contributed by atoms with Crippen molar-refractivity contribution in [2.45, 2.75) is 0 Å². The van der Waals surface area contributed by atoms with Gasteiger partial charge in [0.15, 0.2) is 0 Å². The monoisotopic (exact) mass is 371 g/mol. The number of fused-ring (bicyclic) bond motifs is 1. The molecule has 0 spiro atoms. The molecule has 3 aromatic rings. The Kier molecular flexibility index (Phi) is 3.52.